The molecule has 0 amide bonds. The highest BCUT2D eigenvalue weighted by Crippen LogP contribution is 2.25. The van der Waals surface area contributed by atoms with Gasteiger partial charge in [0.15, 0.2) is 0 Å². The zero-order valence-electron chi connectivity index (χ0n) is 7.30. The van der Waals surface area contributed by atoms with E-state index < -0.39 is 0 Å². The first-order valence-corrected chi connectivity index (χ1v) is 6.92. The molecule has 0 saturated carbocycles. The molecule has 3 rings (SSSR count). The monoisotopic (exact) mass is 313 g/mol. The Labute approximate surface area is 98.2 Å². The lowest BCUT2D eigenvalue weighted by Gasteiger charge is -1.93. The van der Waals surface area contributed by atoms with Gasteiger partial charge >= 0.3 is 21.2 Å². The van der Waals surface area contributed by atoms with Crippen LogP contribution in [-0.2, 0) is 0 Å². The summed E-state index contributed by atoms with van der Waals surface area (Å²) in [4.78, 5) is 0. The zero-order valence-corrected chi connectivity index (χ0v) is 10.2. The van der Waals surface area contributed by atoms with Gasteiger partial charge in [-0.15, -0.1) is 0 Å². The second kappa shape index (κ2) is 3.24. The van der Waals surface area contributed by atoms with Crippen LogP contribution in [0.1, 0.15) is 0 Å². The minimum absolute atomic E-state index is 0.0509. The van der Waals surface area contributed by atoms with Crippen LogP contribution >= 0.6 is 11.6 Å². The lowest BCUT2D eigenvalue weighted by molar-refractivity contribution is -0.589. The molecule has 0 N–H and O–H groups in total. The van der Waals surface area contributed by atoms with Gasteiger partial charge in [0, 0.05) is 11.1 Å². The van der Waals surface area contributed by atoms with E-state index in [0.29, 0.717) is 0 Å². The molecule has 0 radical (unpaired) electrons. The Morgan fingerprint density at radius 2 is 1.64 bits per heavy atom. The summed E-state index contributed by atoms with van der Waals surface area (Å²) in [6.45, 7) is 0. The molecule has 0 atom stereocenters. The van der Waals surface area contributed by atoms with Crippen LogP contribution in [0.3, 0.4) is 0 Å². The molecule has 1 aliphatic rings. The van der Waals surface area contributed by atoms with Crippen molar-refractivity contribution in [1.29, 1.82) is 0 Å². The van der Waals surface area contributed by atoms with Gasteiger partial charge in [-0.05, 0) is 24.3 Å². The van der Waals surface area contributed by atoms with E-state index in [1.807, 2.05) is 12.1 Å². The number of halogens is 2. The highest BCUT2D eigenvalue weighted by atomic mass is 127. The van der Waals surface area contributed by atoms with E-state index in [-0.39, 0.29) is 21.2 Å². The SMILES string of the molecule is Clc1cccc2c1[I+]c1ccccc1-2. The van der Waals surface area contributed by atoms with Gasteiger partial charge < -0.3 is 0 Å². The van der Waals surface area contributed by atoms with Crippen molar-refractivity contribution in [3.05, 3.63) is 54.6 Å². The minimum atomic E-state index is -0.0509. The largest absolute Gasteiger partial charge is 0.360 e. The van der Waals surface area contributed by atoms with Gasteiger partial charge in [0.1, 0.15) is 0 Å². The summed E-state index contributed by atoms with van der Waals surface area (Å²) in [7, 11) is 0. The maximum absolute atomic E-state index is 6.19. The molecule has 1 aliphatic heterocycles. The molecule has 0 spiro atoms. The topological polar surface area (TPSA) is 0 Å². The fourth-order valence-corrected chi connectivity index (χ4v) is 5.01. The Kier molecular flexibility index (Phi) is 2.03. The number of hydrogen-bond donors (Lipinski definition) is 0. The molecule has 0 unspecified atom stereocenters. The van der Waals surface area contributed by atoms with E-state index in [1.54, 1.807) is 0 Å². The summed E-state index contributed by atoms with van der Waals surface area (Å²) in [5, 5.41) is 0.937. The van der Waals surface area contributed by atoms with Crippen molar-refractivity contribution in [2.75, 3.05) is 0 Å². The van der Waals surface area contributed by atoms with Gasteiger partial charge in [0.25, 0.3) is 0 Å². The zero-order chi connectivity index (χ0) is 9.54. The van der Waals surface area contributed by atoms with Gasteiger partial charge in [-0.1, -0.05) is 29.8 Å². The van der Waals surface area contributed by atoms with Crippen LogP contribution in [-0.4, -0.2) is 0 Å². The summed E-state index contributed by atoms with van der Waals surface area (Å²) in [5.41, 5.74) is 2.73. The van der Waals surface area contributed by atoms with Crippen molar-refractivity contribution in [3.8, 4) is 11.1 Å². The quantitative estimate of drug-likeness (QED) is 0.529. The third-order valence-corrected chi connectivity index (χ3v) is 6.17. The first-order chi connectivity index (χ1) is 6.86. The third kappa shape index (κ3) is 1.19. The summed E-state index contributed by atoms with van der Waals surface area (Å²) in [5.74, 6) is 0. The van der Waals surface area contributed by atoms with Crippen LogP contribution in [0.5, 0.6) is 0 Å². The average molecular weight is 314 g/mol. The van der Waals surface area contributed by atoms with Crippen LogP contribution < -0.4 is 21.2 Å². The van der Waals surface area contributed by atoms with Crippen molar-refractivity contribution in [1.82, 2.24) is 0 Å². The number of benzene rings is 2. The van der Waals surface area contributed by atoms with Crippen LogP contribution in [0.2, 0.25) is 5.02 Å². The van der Waals surface area contributed by atoms with Crippen molar-refractivity contribution >= 4 is 11.6 Å². The normalized spacial score (nSPS) is 12.4. The molecule has 0 fully saturated rings. The Balaban J connectivity index is 2.33. The maximum Gasteiger partial charge on any atom is 0.360 e. The van der Waals surface area contributed by atoms with Crippen molar-refractivity contribution in [3.63, 3.8) is 0 Å². The van der Waals surface area contributed by atoms with E-state index in [4.69, 9.17) is 11.6 Å². The Hall–Kier alpha value is -0.540. The standard InChI is InChI=1S/C12H7ClI/c13-10-6-3-5-9-8-4-1-2-7-11(8)14-12(9)10/h1-7H/q+1. The molecule has 0 aromatic heterocycles. The molecule has 2 heteroatoms. The van der Waals surface area contributed by atoms with Gasteiger partial charge in [-0.3, -0.25) is 0 Å². The number of hydrogen-bond acceptors (Lipinski definition) is 0. The second-order valence-corrected chi connectivity index (χ2v) is 6.36. The molecular formula is C12H7ClI+. The van der Waals surface area contributed by atoms with E-state index in [1.165, 1.54) is 18.3 Å². The lowest BCUT2D eigenvalue weighted by atomic mass is 10.1. The first-order valence-electron chi connectivity index (χ1n) is 4.39. The first kappa shape index (κ1) is 8.74. The van der Waals surface area contributed by atoms with E-state index in [2.05, 4.69) is 30.3 Å². The van der Waals surface area contributed by atoms with E-state index in [9.17, 15) is 0 Å². The Morgan fingerprint density at radius 3 is 2.57 bits per heavy atom. The van der Waals surface area contributed by atoms with Crippen LogP contribution in [0.4, 0.5) is 0 Å². The summed E-state index contributed by atoms with van der Waals surface area (Å²) in [6, 6.07) is 14.8. The van der Waals surface area contributed by atoms with Crippen molar-refractivity contribution in [2.45, 2.75) is 0 Å². The van der Waals surface area contributed by atoms with Gasteiger partial charge in [0.05, 0.1) is 5.02 Å². The lowest BCUT2D eigenvalue weighted by Crippen LogP contribution is -3.61. The number of fused-ring (bicyclic) bond motifs is 3. The maximum atomic E-state index is 6.19. The number of rotatable bonds is 0. The van der Waals surface area contributed by atoms with Gasteiger partial charge in [-0.2, -0.15) is 0 Å². The summed E-state index contributed by atoms with van der Waals surface area (Å²) in [6.07, 6.45) is 0. The summed E-state index contributed by atoms with van der Waals surface area (Å²) >= 11 is 6.14. The third-order valence-electron chi connectivity index (χ3n) is 2.31. The smallest absolute Gasteiger partial charge is 0.0793 e. The molecule has 14 heavy (non-hydrogen) atoms. The van der Waals surface area contributed by atoms with Crippen LogP contribution in [0.25, 0.3) is 11.1 Å². The molecule has 2 aromatic carbocycles. The fourth-order valence-electron chi connectivity index (χ4n) is 1.67. The highest BCUT2D eigenvalue weighted by Gasteiger charge is 2.34. The van der Waals surface area contributed by atoms with Crippen molar-refractivity contribution in [2.24, 2.45) is 0 Å². The van der Waals surface area contributed by atoms with Gasteiger partial charge in [0.2, 0.25) is 7.14 Å². The molecule has 0 aliphatic carbocycles. The molecule has 68 valence electrons. The fraction of sp³-hybridized carbons (Fsp3) is 0. The van der Waals surface area contributed by atoms with Crippen molar-refractivity contribution < 1.29 is 21.2 Å². The molecular weight excluding hydrogens is 306 g/mol. The summed E-state index contributed by atoms with van der Waals surface area (Å²) < 4.78 is 2.88. The van der Waals surface area contributed by atoms with Gasteiger partial charge in [-0.25, -0.2) is 0 Å². The molecule has 0 saturated heterocycles. The average Bonchev–Trinajstić information content (AvgIpc) is 2.59. The van der Waals surface area contributed by atoms with Crippen LogP contribution in [0, 0.1) is 7.14 Å². The molecule has 2 aromatic rings. The van der Waals surface area contributed by atoms with E-state index >= 15 is 0 Å². The van der Waals surface area contributed by atoms with E-state index in [0.717, 1.165) is 5.02 Å². The highest BCUT2D eigenvalue weighted by molar-refractivity contribution is 6.30. The molecule has 1 heterocycles. The van der Waals surface area contributed by atoms with Crippen LogP contribution in [0.15, 0.2) is 42.5 Å². The minimum Gasteiger partial charge on any atom is -0.0793 e. The Bertz CT molecular complexity index is 505. The second-order valence-electron chi connectivity index (χ2n) is 3.18. The molecule has 0 nitrogen and oxygen atoms in total. The predicted molar refractivity (Wildman–Crippen MR) is 54.3 cm³/mol. The Morgan fingerprint density at radius 1 is 0.857 bits per heavy atom. The molecule has 0 bridgehead atoms. The predicted octanol–water partition coefficient (Wildman–Crippen LogP) is 0.449.